The number of alkyl halides is 2. The fourth-order valence-electron chi connectivity index (χ4n) is 3.30. The van der Waals surface area contributed by atoms with Crippen molar-refractivity contribution >= 4 is 34.9 Å². The van der Waals surface area contributed by atoms with Gasteiger partial charge in [-0.3, -0.25) is 9.78 Å². The molecule has 1 aromatic carbocycles. The van der Waals surface area contributed by atoms with E-state index in [1.165, 1.54) is 24.4 Å². The lowest BCUT2D eigenvalue weighted by Crippen LogP contribution is -2.37. The van der Waals surface area contributed by atoms with Gasteiger partial charge in [0.2, 0.25) is 5.91 Å². The molecule has 0 aliphatic rings. The molecule has 0 spiro atoms. The minimum atomic E-state index is -3.47. The monoisotopic (exact) mass is 497 g/mol. The number of hydrogen-bond donors (Lipinski definition) is 2. The van der Waals surface area contributed by atoms with Crippen molar-refractivity contribution in [1.29, 1.82) is 0 Å². The van der Waals surface area contributed by atoms with Gasteiger partial charge in [0.25, 0.3) is 0 Å². The molecule has 11 heteroatoms. The van der Waals surface area contributed by atoms with Gasteiger partial charge in [0.05, 0.1) is 18.0 Å². The minimum absolute atomic E-state index is 0.112. The van der Waals surface area contributed by atoms with Gasteiger partial charge in [-0.1, -0.05) is 35.3 Å². The summed E-state index contributed by atoms with van der Waals surface area (Å²) in [5.41, 5.74) is 11.4. The number of nitrogens with two attached hydrogens (primary N) is 2. The van der Waals surface area contributed by atoms with E-state index in [0.29, 0.717) is 16.1 Å². The first kappa shape index (κ1) is 24.8. The Bertz CT molecular complexity index is 1150. The molecule has 4 N–H and O–H groups in total. The average Bonchev–Trinajstić information content (AvgIpc) is 2.77. The van der Waals surface area contributed by atoms with Crippen LogP contribution in [-0.2, 0) is 30.2 Å². The third kappa shape index (κ3) is 5.93. The van der Waals surface area contributed by atoms with Gasteiger partial charge in [0.1, 0.15) is 5.69 Å². The van der Waals surface area contributed by atoms with Gasteiger partial charge in [0.15, 0.2) is 11.6 Å². The van der Waals surface area contributed by atoms with Gasteiger partial charge in [-0.15, -0.1) is 0 Å². The SMILES string of the molecule is NCc1ccc(Cl)cc1CN(CC(F)(F)c1ccccn1)c1ncc(Cl)c(CC(N)=O)c1F. The number of benzene rings is 1. The number of pyridine rings is 2. The molecule has 0 radical (unpaired) electrons. The molecule has 0 saturated heterocycles. The lowest BCUT2D eigenvalue weighted by Gasteiger charge is -2.29. The number of halogens is 5. The Morgan fingerprint density at radius 2 is 1.88 bits per heavy atom. The van der Waals surface area contributed by atoms with Crippen molar-refractivity contribution in [3.05, 3.63) is 87.0 Å². The molecule has 0 aliphatic carbocycles. The van der Waals surface area contributed by atoms with Crippen molar-refractivity contribution in [3.8, 4) is 0 Å². The van der Waals surface area contributed by atoms with Gasteiger partial charge < -0.3 is 16.4 Å². The molecule has 174 valence electrons. The number of carbonyl (C=O) groups is 1. The van der Waals surface area contributed by atoms with Crippen molar-refractivity contribution < 1.29 is 18.0 Å². The van der Waals surface area contributed by atoms with E-state index in [1.807, 2.05) is 0 Å². The molecular formula is C22H20Cl2F3N5O. The molecule has 2 heterocycles. The van der Waals surface area contributed by atoms with E-state index >= 15 is 13.2 Å². The van der Waals surface area contributed by atoms with E-state index in [1.54, 1.807) is 18.2 Å². The van der Waals surface area contributed by atoms with Crippen molar-refractivity contribution in [2.75, 3.05) is 11.4 Å². The van der Waals surface area contributed by atoms with E-state index < -0.39 is 42.1 Å². The molecule has 3 rings (SSSR count). The predicted molar refractivity (Wildman–Crippen MR) is 121 cm³/mol. The van der Waals surface area contributed by atoms with Crippen LogP contribution in [0.25, 0.3) is 0 Å². The number of amides is 1. The van der Waals surface area contributed by atoms with Crippen LogP contribution in [0.4, 0.5) is 19.0 Å². The van der Waals surface area contributed by atoms with Crippen LogP contribution < -0.4 is 16.4 Å². The lowest BCUT2D eigenvalue weighted by molar-refractivity contribution is -0.117. The summed E-state index contributed by atoms with van der Waals surface area (Å²) < 4.78 is 45.7. The first-order valence-corrected chi connectivity index (χ1v) is 10.5. The number of hydrogen-bond acceptors (Lipinski definition) is 5. The standard InChI is InChI=1S/C22H20Cl2F3N5O/c23-15-5-4-13(9-28)14(7-15)11-32(12-22(26,27)18-3-1-2-6-30-18)21-20(25)16(8-19(29)33)17(24)10-31-21/h1-7,10H,8-9,11-12,28H2,(H2,29,33). The second-order valence-corrected chi connectivity index (χ2v) is 8.10. The third-order valence-electron chi connectivity index (χ3n) is 4.88. The minimum Gasteiger partial charge on any atom is -0.369 e. The van der Waals surface area contributed by atoms with Crippen LogP contribution in [0.3, 0.4) is 0 Å². The maximum Gasteiger partial charge on any atom is 0.306 e. The number of rotatable bonds is 9. The molecule has 0 saturated carbocycles. The molecule has 0 aliphatic heterocycles. The Hall–Kier alpha value is -2.88. The average molecular weight is 498 g/mol. The summed E-state index contributed by atoms with van der Waals surface area (Å²) in [6, 6.07) is 8.95. The van der Waals surface area contributed by atoms with Crippen LogP contribution in [0.2, 0.25) is 10.0 Å². The fraction of sp³-hybridized carbons (Fsp3) is 0.227. The van der Waals surface area contributed by atoms with Crippen molar-refractivity contribution in [3.63, 3.8) is 0 Å². The van der Waals surface area contributed by atoms with Crippen molar-refractivity contribution in [2.45, 2.75) is 25.4 Å². The van der Waals surface area contributed by atoms with Gasteiger partial charge in [-0.2, -0.15) is 8.78 Å². The van der Waals surface area contributed by atoms with Crippen LogP contribution in [0.1, 0.15) is 22.4 Å². The zero-order chi connectivity index (χ0) is 24.2. The maximum atomic E-state index is 15.4. The second kappa shape index (κ2) is 10.4. The molecule has 33 heavy (non-hydrogen) atoms. The van der Waals surface area contributed by atoms with Crippen LogP contribution >= 0.6 is 23.2 Å². The number of anilines is 1. The highest BCUT2D eigenvalue weighted by Gasteiger charge is 2.37. The van der Waals surface area contributed by atoms with Crippen LogP contribution in [0.15, 0.2) is 48.8 Å². The Kier molecular flexibility index (Phi) is 7.78. The topological polar surface area (TPSA) is 98.1 Å². The Labute approximate surface area is 198 Å². The summed E-state index contributed by atoms with van der Waals surface area (Å²) in [7, 11) is 0. The molecule has 3 aromatic rings. The summed E-state index contributed by atoms with van der Waals surface area (Å²) in [6.07, 6.45) is 1.81. The van der Waals surface area contributed by atoms with Crippen LogP contribution in [-0.4, -0.2) is 22.4 Å². The fourth-order valence-corrected chi connectivity index (χ4v) is 3.69. The quantitative estimate of drug-likeness (QED) is 0.461. The maximum absolute atomic E-state index is 15.4. The normalized spacial score (nSPS) is 11.5. The molecule has 0 atom stereocenters. The summed E-state index contributed by atoms with van der Waals surface area (Å²) in [5.74, 6) is -5.75. The number of carbonyl (C=O) groups excluding carboxylic acids is 1. The van der Waals surface area contributed by atoms with E-state index in [2.05, 4.69) is 9.97 Å². The Morgan fingerprint density at radius 1 is 1.12 bits per heavy atom. The van der Waals surface area contributed by atoms with E-state index in [0.717, 1.165) is 11.1 Å². The van der Waals surface area contributed by atoms with E-state index in [4.69, 9.17) is 34.7 Å². The summed E-state index contributed by atoms with van der Waals surface area (Å²) in [5, 5.41) is 0.217. The third-order valence-corrected chi connectivity index (χ3v) is 5.44. The smallest absolute Gasteiger partial charge is 0.306 e. The highest BCUT2D eigenvalue weighted by Crippen LogP contribution is 2.33. The predicted octanol–water partition coefficient (Wildman–Crippen LogP) is 4.21. The first-order valence-electron chi connectivity index (χ1n) is 9.75. The summed E-state index contributed by atoms with van der Waals surface area (Å²) >= 11 is 12.1. The molecule has 1 amide bonds. The lowest BCUT2D eigenvalue weighted by atomic mass is 10.1. The summed E-state index contributed by atoms with van der Waals surface area (Å²) in [4.78, 5) is 20.1. The van der Waals surface area contributed by atoms with Gasteiger partial charge >= 0.3 is 5.92 Å². The molecular weight excluding hydrogens is 478 g/mol. The van der Waals surface area contributed by atoms with E-state index in [-0.39, 0.29) is 23.7 Å². The molecule has 6 nitrogen and oxygen atoms in total. The number of primary amides is 1. The highest BCUT2D eigenvalue weighted by atomic mass is 35.5. The number of nitrogens with zero attached hydrogens (tertiary/aromatic N) is 3. The number of aromatic nitrogens is 2. The molecule has 2 aromatic heterocycles. The van der Waals surface area contributed by atoms with Crippen molar-refractivity contribution in [1.82, 2.24) is 9.97 Å². The molecule has 0 unspecified atom stereocenters. The highest BCUT2D eigenvalue weighted by molar-refractivity contribution is 6.31. The van der Waals surface area contributed by atoms with E-state index in [9.17, 15) is 4.79 Å². The largest absolute Gasteiger partial charge is 0.369 e. The van der Waals surface area contributed by atoms with Crippen LogP contribution in [0.5, 0.6) is 0 Å². The zero-order valence-corrected chi connectivity index (χ0v) is 18.8. The molecule has 0 bridgehead atoms. The van der Waals surface area contributed by atoms with Gasteiger partial charge in [-0.25, -0.2) is 9.37 Å². The molecule has 0 fully saturated rings. The van der Waals surface area contributed by atoms with Gasteiger partial charge in [-0.05, 0) is 35.4 Å². The Balaban J connectivity index is 2.10. The first-order chi connectivity index (χ1) is 15.6. The second-order valence-electron chi connectivity index (χ2n) is 7.26. The van der Waals surface area contributed by atoms with Crippen LogP contribution in [0, 0.1) is 5.82 Å². The Morgan fingerprint density at radius 3 is 2.52 bits per heavy atom. The van der Waals surface area contributed by atoms with Crippen molar-refractivity contribution in [2.24, 2.45) is 11.5 Å². The zero-order valence-electron chi connectivity index (χ0n) is 17.2. The summed E-state index contributed by atoms with van der Waals surface area (Å²) in [6.45, 7) is -1.06. The van der Waals surface area contributed by atoms with Gasteiger partial charge in [0, 0.05) is 36.1 Å².